The molecule has 0 atom stereocenters. The Hall–Kier alpha value is -1.32. The number of piperidine rings is 1. The van der Waals surface area contributed by atoms with Crippen molar-refractivity contribution in [1.82, 2.24) is 20.5 Å². The Balaban J connectivity index is 0.00000320. The van der Waals surface area contributed by atoms with Gasteiger partial charge in [0.25, 0.3) is 0 Å². The lowest BCUT2D eigenvalue weighted by molar-refractivity contribution is 0.178. The standard InChI is InChI=1S/C22H32ClN5O.HI/c1-4-24-22(26-14-21-27-16(2)17(3)29-21)25-13-18-9-11-28(12-10-18)15-19-7-5-6-8-20(19)23;/h5-8,18H,4,9-15H2,1-3H3,(H2,24,25,26);1H. The zero-order valence-corrected chi connectivity index (χ0v) is 21.2. The molecule has 2 heterocycles. The van der Waals surface area contributed by atoms with E-state index in [1.165, 1.54) is 18.4 Å². The molecule has 0 spiro atoms. The fraction of sp³-hybridized carbons (Fsp3) is 0.545. The van der Waals surface area contributed by atoms with E-state index in [1.807, 2.05) is 26.0 Å². The predicted octanol–water partition coefficient (Wildman–Crippen LogP) is 4.53. The number of hydrogen-bond acceptors (Lipinski definition) is 4. The maximum Gasteiger partial charge on any atom is 0.216 e. The van der Waals surface area contributed by atoms with E-state index in [9.17, 15) is 0 Å². The van der Waals surface area contributed by atoms with Crippen LogP contribution in [0.1, 0.15) is 42.7 Å². The van der Waals surface area contributed by atoms with E-state index in [2.05, 4.69) is 44.6 Å². The maximum absolute atomic E-state index is 6.30. The molecule has 1 aromatic heterocycles. The highest BCUT2D eigenvalue weighted by Gasteiger charge is 2.20. The van der Waals surface area contributed by atoms with Crippen LogP contribution < -0.4 is 10.6 Å². The van der Waals surface area contributed by atoms with Crippen LogP contribution in [-0.4, -0.2) is 42.0 Å². The van der Waals surface area contributed by atoms with Crippen molar-refractivity contribution in [2.75, 3.05) is 26.2 Å². The number of oxazole rings is 1. The van der Waals surface area contributed by atoms with Crippen molar-refractivity contribution in [3.8, 4) is 0 Å². The molecule has 1 aliphatic rings. The van der Waals surface area contributed by atoms with Gasteiger partial charge in [-0.25, -0.2) is 9.98 Å². The minimum absolute atomic E-state index is 0. The first-order valence-electron chi connectivity index (χ1n) is 10.5. The summed E-state index contributed by atoms with van der Waals surface area (Å²) in [6, 6.07) is 8.12. The average Bonchev–Trinajstić information content (AvgIpc) is 3.04. The highest BCUT2D eigenvalue weighted by Crippen LogP contribution is 2.22. The third-order valence-corrected chi connectivity index (χ3v) is 5.78. The lowest BCUT2D eigenvalue weighted by atomic mass is 9.96. The van der Waals surface area contributed by atoms with Crippen molar-refractivity contribution >= 4 is 41.5 Å². The fourth-order valence-electron chi connectivity index (χ4n) is 3.55. The van der Waals surface area contributed by atoms with Gasteiger partial charge in [-0.3, -0.25) is 4.90 Å². The molecule has 30 heavy (non-hydrogen) atoms. The molecular weight excluding hydrogens is 513 g/mol. The number of benzene rings is 1. The first kappa shape index (κ1) is 24.9. The van der Waals surface area contributed by atoms with Gasteiger partial charge < -0.3 is 15.1 Å². The van der Waals surface area contributed by atoms with Gasteiger partial charge in [0, 0.05) is 24.7 Å². The molecular formula is C22H33ClIN5O. The molecule has 8 heteroatoms. The van der Waals surface area contributed by atoms with Crippen molar-refractivity contribution < 1.29 is 4.42 Å². The van der Waals surface area contributed by atoms with Crippen molar-refractivity contribution in [1.29, 1.82) is 0 Å². The van der Waals surface area contributed by atoms with Crippen LogP contribution in [-0.2, 0) is 13.1 Å². The van der Waals surface area contributed by atoms with Gasteiger partial charge in [0.05, 0.1) is 5.69 Å². The van der Waals surface area contributed by atoms with Crippen LogP contribution in [0.25, 0.3) is 0 Å². The Morgan fingerprint density at radius 2 is 1.97 bits per heavy atom. The number of hydrogen-bond donors (Lipinski definition) is 2. The molecule has 0 unspecified atom stereocenters. The summed E-state index contributed by atoms with van der Waals surface area (Å²) in [7, 11) is 0. The molecule has 1 aliphatic heterocycles. The number of guanidine groups is 1. The van der Waals surface area contributed by atoms with E-state index in [-0.39, 0.29) is 24.0 Å². The normalized spacial score (nSPS) is 15.7. The van der Waals surface area contributed by atoms with Gasteiger partial charge in [-0.1, -0.05) is 29.8 Å². The smallest absolute Gasteiger partial charge is 0.216 e. The monoisotopic (exact) mass is 545 g/mol. The minimum atomic E-state index is 0. The summed E-state index contributed by atoms with van der Waals surface area (Å²) < 4.78 is 5.62. The zero-order valence-electron chi connectivity index (χ0n) is 18.1. The lowest BCUT2D eigenvalue weighted by Gasteiger charge is -2.32. The second-order valence-electron chi connectivity index (χ2n) is 7.64. The molecule has 0 aliphatic carbocycles. The minimum Gasteiger partial charge on any atom is -0.444 e. The van der Waals surface area contributed by atoms with Crippen LogP contribution in [0, 0.1) is 19.8 Å². The summed E-state index contributed by atoms with van der Waals surface area (Å²) >= 11 is 6.30. The molecule has 2 aromatic rings. The van der Waals surface area contributed by atoms with Crippen LogP contribution >= 0.6 is 35.6 Å². The van der Waals surface area contributed by atoms with Crippen LogP contribution in [0.15, 0.2) is 33.7 Å². The number of nitrogens with one attached hydrogen (secondary N) is 2. The van der Waals surface area contributed by atoms with Gasteiger partial charge in [0.1, 0.15) is 12.3 Å². The van der Waals surface area contributed by atoms with Crippen LogP contribution in [0.3, 0.4) is 0 Å². The highest BCUT2D eigenvalue weighted by atomic mass is 127. The molecule has 0 radical (unpaired) electrons. The molecule has 0 bridgehead atoms. The summed E-state index contributed by atoms with van der Waals surface area (Å²) in [4.78, 5) is 11.5. The Morgan fingerprint density at radius 3 is 2.60 bits per heavy atom. The van der Waals surface area contributed by atoms with Crippen LogP contribution in [0.4, 0.5) is 0 Å². The third-order valence-electron chi connectivity index (χ3n) is 5.41. The van der Waals surface area contributed by atoms with E-state index in [0.717, 1.165) is 55.2 Å². The molecule has 1 saturated heterocycles. The number of halogens is 2. The van der Waals surface area contributed by atoms with E-state index in [4.69, 9.17) is 16.0 Å². The summed E-state index contributed by atoms with van der Waals surface area (Å²) in [6.45, 7) is 11.3. The predicted molar refractivity (Wildman–Crippen MR) is 134 cm³/mol. The Kier molecular flexibility index (Phi) is 10.4. The summed E-state index contributed by atoms with van der Waals surface area (Å²) in [6.07, 6.45) is 2.35. The van der Waals surface area contributed by atoms with Crippen LogP contribution in [0.2, 0.25) is 5.02 Å². The van der Waals surface area contributed by atoms with Gasteiger partial charge in [0.2, 0.25) is 5.89 Å². The molecule has 2 N–H and O–H groups in total. The number of aliphatic imine (C=N–C) groups is 1. The Bertz CT molecular complexity index is 798. The molecule has 3 rings (SSSR count). The SMILES string of the molecule is CCNC(=NCc1nc(C)c(C)o1)NCC1CCN(Cc2ccccc2Cl)CC1.I. The number of likely N-dealkylation sites (tertiary alicyclic amines) is 1. The topological polar surface area (TPSA) is 65.7 Å². The molecule has 6 nitrogen and oxygen atoms in total. The van der Waals surface area contributed by atoms with E-state index >= 15 is 0 Å². The summed E-state index contributed by atoms with van der Waals surface area (Å²) in [5.74, 6) is 2.98. The lowest BCUT2D eigenvalue weighted by Crippen LogP contribution is -2.42. The fourth-order valence-corrected chi connectivity index (χ4v) is 3.75. The Morgan fingerprint density at radius 1 is 1.23 bits per heavy atom. The van der Waals surface area contributed by atoms with Gasteiger partial charge in [-0.05, 0) is 64.3 Å². The van der Waals surface area contributed by atoms with Crippen molar-refractivity contribution in [3.63, 3.8) is 0 Å². The van der Waals surface area contributed by atoms with Crippen molar-refractivity contribution in [2.24, 2.45) is 10.9 Å². The van der Waals surface area contributed by atoms with Gasteiger partial charge >= 0.3 is 0 Å². The average molecular weight is 546 g/mol. The zero-order chi connectivity index (χ0) is 20.6. The third kappa shape index (κ3) is 7.42. The van der Waals surface area contributed by atoms with E-state index in [0.29, 0.717) is 18.4 Å². The second-order valence-corrected chi connectivity index (χ2v) is 8.04. The van der Waals surface area contributed by atoms with Gasteiger partial charge in [-0.15, -0.1) is 24.0 Å². The second kappa shape index (κ2) is 12.5. The molecule has 1 fully saturated rings. The quantitative estimate of drug-likeness (QED) is 0.304. The van der Waals surface area contributed by atoms with Crippen molar-refractivity contribution in [3.05, 3.63) is 52.2 Å². The summed E-state index contributed by atoms with van der Waals surface area (Å²) in [5.41, 5.74) is 2.14. The summed E-state index contributed by atoms with van der Waals surface area (Å²) in [5, 5.41) is 7.65. The van der Waals surface area contributed by atoms with Gasteiger partial charge in [0.15, 0.2) is 5.96 Å². The van der Waals surface area contributed by atoms with Gasteiger partial charge in [-0.2, -0.15) is 0 Å². The number of nitrogens with zero attached hydrogens (tertiary/aromatic N) is 3. The number of aromatic nitrogens is 1. The largest absolute Gasteiger partial charge is 0.444 e. The van der Waals surface area contributed by atoms with Crippen molar-refractivity contribution in [2.45, 2.75) is 46.7 Å². The molecule has 1 aromatic carbocycles. The molecule has 0 saturated carbocycles. The number of aryl methyl sites for hydroxylation is 2. The van der Waals surface area contributed by atoms with E-state index in [1.54, 1.807) is 0 Å². The first-order chi connectivity index (χ1) is 14.0. The van der Waals surface area contributed by atoms with E-state index < -0.39 is 0 Å². The number of rotatable bonds is 7. The Labute approximate surface area is 201 Å². The highest BCUT2D eigenvalue weighted by molar-refractivity contribution is 14.0. The maximum atomic E-state index is 6.30. The molecule has 166 valence electrons. The first-order valence-corrected chi connectivity index (χ1v) is 10.8. The van der Waals surface area contributed by atoms with Crippen LogP contribution in [0.5, 0.6) is 0 Å². The molecule has 0 amide bonds.